The number of carbonyl (C=O) groups excluding carboxylic acids is 1. The number of benzene rings is 2. The molecule has 6 heteroatoms. The van der Waals surface area contributed by atoms with E-state index in [4.69, 9.17) is 14.2 Å². The van der Waals surface area contributed by atoms with Crippen LogP contribution in [0, 0.1) is 0 Å². The van der Waals surface area contributed by atoms with Crippen LogP contribution in [0.15, 0.2) is 48.5 Å². The molecule has 0 atom stereocenters. The molecule has 0 saturated carbocycles. The van der Waals surface area contributed by atoms with E-state index in [1.54, 1.807) is 7.11 Å². The molecule has 0 unspecified atom stereocenters. The Morgan fingerprint density at radius 2 is 1.89 bits per heavy atom. The minimum absolute atomic E-state index is 0.0556. The molecule has 2 heterocycles. The second kappa shape index (κ2) is 8.25. The van der Waals surface area contributed by atoms with Crippen molar-refractivity contribution < 1.29 is 19.0 Å². The molecule has 2 aromatic carbocycles. The minimum Gasteiger partial charge on any atom is -0.497 e. The first kappa shape index (κ1) is 18.2. The number of hydrogen-bond acceptors (Lipinski definition) is 4. The summed E-state index contributed by atoms with van der Waals surface area (Å²) in [4.78, 5) is 14.3. The van der Waals surface area contributed by atoms with E-state index >= 15 is 0 Å². The molecular weight excluding hydrogens is 356 g/mol. The van der Waals surface area contributed by atoms with Gasteiger partial charge in [0, 0.05) is 19.6 Å². The van der Waals surface area contributed by atoms with Crippen LogP contribution >= 0.6 is 0 Å². The van der Waals surface area contributed by atoms with Crippen LogP contribution in [0.3, 0.4) is 0 Å². The van der Waals surface area contributed by atoms with E-state index in [0.29, 0.717) is 32.8 Å². The average molecular weight is 380 g/mol. The number of nitrogens with one attached hydrogen (secondary N) is 1. The quantitative estimate of drug-likeness (QED) is 0.882. The normalized spacial score (nSPS) is 15.6. The van der Waals surface area contributed by atoms with Gasteiger partial charge in [-0.25, -0.2) is 4.79 Å². The lowest BCUT2D eigenvalue weighted by molar-refractivity contribution is 0.171. The second-order valence-electron chi connectivity index (χ2n) is 6.79. The summed E-state index contributed by atoms with van der Waals surface area (Å²) in [5.74, 6) is 2.34. The summed E-state index contributed by atoms with van der Waals surface area (Å²) in [5.41, 5.74) is 3.43. The maximum absolute atomic E-state index is 12.5. The van der Waals surface area contributed by atoms with E-state index in [2.05, 4.69) is 23.5 Å². The largest absolute Gasteiger partial charge is 0.497 e. The van der Waals surface area contributed by atoms with Crippen LogP contribution in [-0.4, -0.2) is 44.3 Å². The van der Waals surface area contributed by atoms with Crippen LogP contribution in [0.1, 0.15) is 17.5 Å². The van der Waals surface area contributed by atoms with Gasteiger partial charge in [-0.2, -0.15) is 0 Å². The Balaban J connectivity index is 1.31. The van der Waals surface area contributed by atoms with Crippen molar-refractivity contribution in [2.75, 3.05) is 33.4 Å². The first-order valence-corrected chi connectivity index (χ1v) is 9.48. The molecule has 2 amide bonds. The SMILES string of the molecule is COc1ccc(C2=CCN(C(=O)NCc3ccc4c(c3)OCCO4)CC2)cc1. The van der Waals surface area contributed by atoms with Crippen LogP contribution in [0.25, 0.3) is 5.57 Å². The van der Waals surface area contributed by atoms with E-state index < -0.39 is 0 Å². The Hall–Kier alpha value is -3.15. The van der Waals surface area contributed by atoms with Crippen molar-refractivity contribution in [3.05, 3.63) is 59.7 Å². The standard InChI is InChI=1S/C22H24N2O4/c1-26-19-5-3-17(4-6-19)18-8-10-24(11-9-18)22(25)23-15-16-2-7-20-21(14-16)28-13-12-27-20/h2-8,14H,9-13,15H2,1H3,(H,23,25). The van der Waals surface area contributed by atoms with E-state index in [1.807, 2.05) is 35.2 Å². The van der Waals surface area contributed by atoms with E-state index in [-0.39, 0.29) is 6.03 Å². The number of nitrogens with zero attached hydrogens (tertiary/aromatic N) is 1. The molecular formula is C22H24N2O4. The molecule has 0 saturated heterocycles. The van der Waals surface area contributed by atoms with Crippen molar-refractivity contribution in [3.8, 4) is 17.2 Å². The molecule has 2 aromatic rings. The fourth-order valence-electron chi connectivity index (χ4n) is 3.41. The molecule has 0 aliphatic carbocycles. The van der Waals surface area contributed by atoms with E-state index in [1.165, 1.54) is 11.1 Å². The number of urea groups is 1. The zero-order valence-corrected chi connectivity index (χ0v) is 15.9. The molecule has 0 spiro atoms. The Kier molecular flexibility index (Phi) is 5.37. The van der Waals surface area contributed by atoms with Crippen molar-refractivity contribution in [1.29, 1.82) is 0 Å². The number of fused-ring (bicyclic) bond motifs is 1. The highest BCUT2D eigenvalue weighted by Gasteiger charge is 2.18. The molecule has 2 aliphatic heterocycles. The van der Waals surface area contributed by atoms with Gasteiger partial charge >= 0.3 is 6.03 Å². The molecule has 146 valence electrons. The van der Waals surface area contributed by atoms with Gasteiger partial charge < -0.3 is 24.4 Å². The van der Waals surface area contributed by atoms with E-state index in [0.717, 1.165) is 29.2 Å². The van der Waals surface area contributed by atoms with Crippen molar-refractivity contribution in [2.24, 2.45) is 0 Å². The maximum atomic E-state index is 12.5. The van der Waals surface area contributed by atoms with E-state index in [9.17, 15) is 4.79 Å². The summed E-state index contributed by atoms with van der Waals surface area (Å²) in [6.45, 7) is 2.89. The first-order chi connectivity index (χ1) is 13.7. The van der Waals surface area contributed by atoms with Gasteiger partial charge in [0.15, 0.2) is 11.5 Å². The molecule has 0 bridgehead atoms. The lowest BCUT2D eigenvalue weighted by atomic mass is 9.99. The topological polar surface area (TPSA) is 60.0 Å². The van der Waals surface area contributed by atoms with Crippen molar-refractivity contribution >= 4 is 11.6 Å². The van der Waals surface area contributed by atoms with Crippen molar-refractivity contribution in [1.82, 2.24) is 10.2 Å². The Bertz CT molecular complexity index is 877. The third-order valence-corrected chi connectivity index (χ3v) is 5.01. The number of carbonyl (C=O) groups is 1. The van der Waals surface area contributed by atoms with Crippen molar-refractivity contribution in [3.63, 3.8) is 0 Å². The molecule has 4 rings (SSSR count). The number of ether oxygens (including phenoxy) is 3. The molecule has 2 aliphatic rings. The number of amides is 2. The van der Waals surface area contributed by atoms with Crippen LogP contribution in [0.5, 0.6) is 17.2 Å². The highest BCUT2D eigenvalue weighted by Crippen LogP contribution is 2.30. The second-order valence-corrected chi connectivity index (χ2v) is 6.79. The highest BCUT2D eigenvalue weighted by molar-refractivity contribution is 5.76. The molecule has 0 radical (unpaired) electrons. The summed E-state index contributed by atoms with van der Waals surface area (Å²) in [6.07, 6.45) is 2.96. The Morgan fingerprint density at radius 1 is 1.11 bits per heavy atom. The smallest absolute Gasteiger partial charge is 0.317 e. The fraction of sp³-hybridized carbons (Fsp3) is 0.318. The van der Waals surface area contributed by atoms with Crippen LogP contribution in [0.4, 0.5) is 4.79 Å². The molecule has 6 nitrogen and oxygen atoms in total. The van der Waals surface area contributed by atoms with Crippen molar-refractivity contribution in [2.45, 2.75) is 13.0 Å². The zero-order valence-electron chi connectivity index (χ0n) is 15.9. The summed E-state index contributed by atoms with van der Waals surface area (Å²) < 4.78 is 16.3. The van der Waals surface area contributed by atoms with Crippen LogP contribution in [-0.2, 0) is 6.54 Å². The number of hydrogen-bond donors (Lipinski definition) is 1. The third-order valence-electron chi connectivity index (χ3n) is 5.01. The number of rotatable bonds is 4. The molecule has 0 aromatic heterocycles. The van der Waals surface area contributed by atoms with Gasteiger partial charge in [-0.15, -0.1) is 0 Å². The summed E-state index contributed by atoms with van der Waals surface area (Å²) >= 11 is 0. The average Bonchev–Trinajstić information content (AvgIpc) is 2.77. The predicted octanol–water partition coefficient (Wildman–Crippen LogP) is 3.47. The lowest BCUT2D eigenvalue weighted by Crippen LogP contribution is -2.41. The minimum atomic E-state index is -0.0556. The van der Waals surface area contributed by atoms with Crippen LogP contribution < -0.4 is 19.5 Å². The Labute approximate surface area is 164 Å². The Morgan fingerprint density at radius 3 is 2.61 bits per heavy atom. The number of methoxy groups -OCH3 is 1. The molecule has 1 N–H and O–H groups in total. The monoisotopic (exact) mass is 380 g/mol. The summed E-state index contributed by atoms with van der Waals surface area (Å²) in [6, 6.07) is 13.7. The van der Waals surface area contributed by atoms with Gasteiger partial charge in [0.2, 0.25) is 0 Å². The highest BCUT2D eigenvalue weighted by atomic mass is 16.6. The van der Waals surface area contributed by atoms with Gasteiger partial charge in [0.05, 0.1) is 7.11 Å². The maximum Gasteiger partial charge on any atom is 0.317 e. The van der Waals surface area contributed by atoms with Gasteiger partial charge in [-0.1, -0.05) is 24.3 Å². The lowest BCUT2D eigenvalue weighted by Gasteiger charge is -2.27. The van der Waals surface area contributed by atoms with Gasteiger partial charge in [-0.3, -0.25) is 0 Å². The van der Waals surface area contributed by atoms with Gasteiger partial charge in [0.1, 0.15) is 19.0 Å². The van der Waals surface area contributed by atoms with Crippen LogP contribution in [0.2, 0.25) is 0 Å². The van der Waals surface area contributed by atoms with Gasteiger partial charge in [-0.05, 0) is 47.4 Å². The molecule has 0 fully saturated rings. The van der Waals surface area contributed by atoms with Gasteiger partial charge in [0.25, 0.3) is 0 Å². The first-order valence-electron chi connectivity index (χ1n) is 9.48. The fourth-order valence-corrected chi connectivity index (χ4v) is 3.41. The zero-order chi connectivity index (χ0) is 19.3. The predicted molar refractivity (Wildman–Crippen MR) is 107 cm³/mol. The summed E-state index contributed by atoms with van der Waals surface area (Å²) in [5, 5.41) is 2.99. The third kappa shape index (κ3) is 4.06. The molecule has 28 heavy (non-hydrogen) atoms. The summed E-state index contributed by atoms with van der Waals surface area (Å²) in [7, 11) is 1.66.